The van der Waals surface area contributed by atoms with Gasteiger partial charge >= 0.3 is 0 Å². The van der Waals surface area contributed by atoms with Crippen molar-refractivity contribution in [1.82, 2.24) is 15.8 Å². The number of hydrogen-bond acceptors (Lipinski definition) is 6. The molecule has 1 aliphatic heterocycles. The summed E-state index contributed by atoms with van der Waals surface area (Å²) in [6.07, 6.45) is 2.32. The van der Waals surface area contributed by atoms with Gasteiger partial charge in [0, 0.05) is 18.5 Å². The highest BCUT2D eigenvalue weighted by Gasteiger charge is 2.31. The molecule has 3 N–H and O–H groups in total. The molecular formula is C22H21N3O4S2. The number of nitrogens with one attached hydrogen (secondary N) is 2. The Hall–Kier alpha value is -3.17. The van der Waals surface area contributed by atoms with Crippen molar-refractivity contribution < 1.29 is 19.5 Å². The molecule has 7 nitrogen and oxygen atoms in total. The van der Waals surface area contributed by atoms with E-state index in [-0.39, 0.29) is 24.0 Å². The number of rotatable bonds is 6. The molecule has 0 atom stereocenters. The lowest BCUT2D eigenvalue weighted by molar-refractivity contribution is -0.124. The Balaban J connectivity index is 1.45. The molecule has 2 aromatic rings. The van der Waals surface area contributed by atoms with Gasteiger partial charge in [-0.15, -0.1) is 0 Å². The van der Waals surface area contributed by atoms with Crippen LogP contribution >= 0.6 is 24.0 Å². The van der Waals surface area contributed by atoms with E-state index in [2.05, 4.69) is 10.9 Å². The van der Waals surface area contributed by atoms with Crippen LogP contribution in [0.1, 0.15) is 34.3 Å². The Morgan fingerprint density at radius 3 is 2.45 bits per heavy atom. The summed E-state index contributed by atoms with van der Waals surface area (Å²) in [4.78, 5) is 38.6. The van der Waals surface area contributed by atoms with Crippen LogP contribution in [0.15, 0.2) is 53.4 Å². The van der Waals surface area contributed by atoms with Gasteiger partial charge in [0.15, 0.2) is 0 Å². The lowest BCUT2D eigenvalue weighted by atomic mass is 10.1. The van der Waals surface area contributed by atoms with Gasteiger partial charge in [-0.25, -0.2) is 0 Å². The molecule has 0 aromatic heterocycles. The zero-order chi connectivity index (χ0) is 22.4. The first-order valence-electron chi connectivity index (χ1n) is 9.54. The molecule has 0 aliphatic carbocycles. The van der Waals surface area contributed by atoms with Gasteiger partial charge in [-0.05, 0) is 49.2 Å². The largest absolute Gasteiger partial charge is 0.508 e. The predicted octanol–water partition coefficient (Wildman–Crippen LogP) is 3.14. The first-order valence-corrected chi connectivity index (χ1v) is 10.8. The van der Waals surface area contributed by atoms with Crippen molar-refractivity contribution in [2.75, 3.05) is 6.54 Å². The number of phenolic OH excluding ortho intramolecular Hbond substituents is 1. The highest BCUT2D eigenvalue weighted by Crippen LogP contribution is 2.32. The predicted molar refractivity (Wildman–Crippen MR) is 124 cm³/mol. The molecule has 0 bridgehead atoms. The Morgan fingerprint density at radius 1 is 1.10 bits per heavy atom. The third-order valence-corrected chi connectivity index (χ3v) is 5.86. The van der Waals surface area contributed by atoms with Crippen LogP contribution in [-0.2, 0) is 9.59 Å². The third-order valence-electron chi connectivity index (χ3n) is 4.48. The fraction of sp³-hybridized carbons (Fsp3) is 0.182. The summed E-state index contributed by atoms with van der Waals surface area (Å²) < 4.78 is 0.462. The van der Waals surface area contributed by atoms with Crippen molar-refractivity contribution in [2.45, 2.75) is 19.8 Å². The van der Waals surface area contributed by atoms with Gasteiger partial charge in [0.05, 0.1) is 4.91 Å². The quantitative estimate of drug-likeness (QED) is 0.352. The molecule has 1 aliphatic rings. The Kier molecular flexibility index (Phi) is 7.43. The number of thiocarbonyl (C=S) groups is 1. The Labute approximate surface area is 189 Å². The highest BCUT2D eigenvalue weighted by atomic mass is 32.2. The molecule has 3 rings (SSSR count). The number of hydrazine groups is 1. The fourth-order valence-corrected chi connectivity index (χ4v) is 4.09. The molecular weight excluding hydrogens is 434 g/mol. The molecule has 0 saturated carbocycles. The maximum absolute atomic E-state index is 12.6. The minimum atomic E-state index is -0.494. The number of thioether (sulfide) groups is 1. The van der Waals surface area contributed by atoms with Crippen LogP contribution in [0.3, 0.4) is 0 Å². The fourth-order valence-electron chi connectivity index (χ4n) is 2.78. The average Bonchev–Trinajstić information content (AvgIpc) is 3.01. The Morgan fingerprint density at radius 2 is 1.77 bits per heavy atom. The van der Waals surface area contributed by atoms with E-state index >= 15 is 0 Å². The van der Waals surface area contributed by atoms with E-state index in [1.54, 1.807) is 0 Å². The number of aryl methyl sites for hydroxylation is 1. The van der Waals surface area contributed by atoms with Crippen molar-refractivity contribution in [3.05, 3.63) is 70.1 Å². The number of nitrogens with zero attached hydrogens (tertiary/aromatic N) is 1. The van der Waals surface area contributed by atoms with Gasteiger partial charge in [-0.1, -0.05) is 53.8 Å². The molecule has 2 aromatic carbocycles. The summed E-state index contributed by atoms with van der Waals surface area (Å²) in [5, 5.41) is 9.24. The van der Waals surface area contributed by atoms with E-state index in [9.17, 15) is 19.5 Å². The lowest BCUT2D eigenvalue weighted by Gasteiger charge is -2.14. The summed E-state index contributed by atoms with van der Waals surface area (Å²) in [7, 11) is 0. The highest BCUT2D eigenvalue weighted by molar-refractivity contribution is 8.26. The van der Waals surface area contributed by atoms with E-state index in [4.69, 9.17) is 12.2 Å². The van der Waals surface area contributed by atoms with Gasteiger partial charge in [0.25, 0.3) is 11.8 Å². The van der Waals surface area contributed by atoms with Crippen LogP contribution in [0.2, 0.25) is 0 Å². The van der Waals surface area contributed by atoms with Gasteiger partial charge in [0.2, 0.25) is 5.91 Å². The summed E-state index contributed by atoms with van der Waals surface area (Å²) in [6.45, 7) is 2.31. The number of phenols is 1. The van der Waals surface area contributed by atoms with E-state index < -0.39 is 5.91 Å². The summed E-state index contributed by atoms with van der Waals surface area (Å²) >= 11 is 6.56. The van der Waals surface area contributed by atoms with Crippen molar-refractivity contribution in [3.8, 4) is 5.75 Å². The monoisotopic (exact) mass is 455 g/mol. The van der Waals surface area contributed by atoms with Gasteiger partial charge in [-0.3, -0.25) is 30.1 Å². The molecule has 0 radical (unpaired) electrons. The maximum atomic E-state index is 12.6. The second-order valence-corrected chi connectivity index (χ2v) is 8.57. The first kappa shape index (κ1) is 22.5. The van der Waals surface area contributed by atoms with E-state index in [0.29, 0.717) is 27.8 Å². The topological polar surface area (TPSA) is 98.7 Å². The van der Waals surface area contributed by atoms with E-state index in [1.807, 2.05) is 37.3 Å². The van der Waals surface area contributed by atoms with Crippen LogP contribution in [0, 0.1) is 6.92 Å². The number of benzene rings is 2. The van der Waals surface area contributed by atoms with Gasteiger partial charge in [0.1, 0.15) is 10.1 Å². The van der Waals surface area contributed by atoms with E-state index in [0.717, 1.165) is 11.1 Å². The van der Waals surface area contributed by atoms with E-state index in [1.165, 1.54) is 40.9 Å². The van der Waals surface area contributed by atoms with Crippen LogP contribution < -0.4 is 10.9 Å². The second-order valence-electron chi connectivity index (χ2n) is 6.90. The Bertz CT molecular complexity index is 1030. The average molecular weight is 456 g/mol. The van der Waals surface area contributed by atoms with Crippen LogP contribution in [0.4, 0.5) is 0 Å². The maximum Gasteiger partial charge on any atom is 0.269 e. The number of carbonyl (C=O) groups excluding carboxylic acids is 3. The SMILES string of the molecule is Cc1ccc(/C=C2\SC(=S)N(CCCC(=O)NNC(=O)c3ccc(O)cc3)C2=O)cc1. The molecule has 3 amide bonds. The van der Waals surface area contributed by atoms with Gasteiger partial charge in [-0.2, -0.15) is 0 Å². The standard InChI is InChI=1S/C22H21N3O4S2/c1-14-4-6-15(7-5-14)13-18-21(29)25(22(30)31-18)12-2-3-19(27)23-24-20(28)16-8-10-17(26)11-9-16/h4-11,13,26H,2-3,12H2,1H3,(H,23,27)(H,24,28)/b18-13-. The minimum Gasteiger partial charge on any atom is -0.508 e. The number of aromatic hydroxyl groups is 1. The first-order chi connectivity index (χ1) is 14.8. The molecule has 0 unspecified atom stereocenters. The van der Waals surface area contributed by atoms with Crippen molar-refractivity contribution in [1.29, 1.82) is 0 Å². The molecule has 1 fully saturated rings. The molecule has 0 spiro atoms. The minimum absolute atomic E-state index is 0.0463. The van der Waals surface area contributed by atoms with Crippen molar-refractivity contribution >= 4 is 52.1 Å². The third kappa shape index (κ3) is 6.16. The zero-order valence-corrected chi connectivity index (χ0v) is 18.4. The zero-order valence-electron chi connectivity index (χ0n) is 16.8. The summed E-state index contributed by atoms with van der Waals surface area (Å²) in [5.41, 5.74) is 7.02. The normalized spacial score (nSPS) is 14.7. The van der Waals surface area contributed by atoms with Crippen LogP contribution in [0.5, 0.6) is 5.75 Å². The molecule has 31 heavy (non-hydrogen) atoms. The smallest absolute Gasteiger partial charge is 0.269 e. The van der Waals surface area contributed by atoms with Crippen molar-refractivity contribution in [3.63, 3.8) is 0 Å². The molecule has 1 saturated heterocycles. The lowest BCUT2D eigenvalue weighted by Crippen LogP contribution is -2.41. The van der Waals surface area contributed by atoms with Crippen molar-refractivity contribution in [2.24, 2.45) is 0 Å². The van der Waals surface area contributed by atoms with Crippen LogP contribution in [0.25, 0.3) is 6.08 Å². The van der Waals surface area contributed by atoms with Gasteiger partial charge < -0.3 is 5.11 Å². The summed E-state index contributed by atoms with van der Waals surface area (Å²) in [6, 6.07) is 13.5. The number of amides is 3. The number of hydrogen-bond donors (Lipinski definition) is 3. The summed E-state index contributed by atoms with van der Waals surface area (Å²) in [5.74, 6) is -0.999. The molecule has 160 valence electrons. The second kappa shape index (κ2) is 10.2. The number of carbonyl (C=O) groups is 3. The van der Waals surface area contributed by atoms with Crippen LogP contribution in [-0.4, -0.2) is 38.6 Å². The molecule has 1 heterocycles. The molecule has 9 heteroatoms.